The Bertz CT molecular complexity index is 485. The van der Waals surface area contributed by atoms with Gasteiger partial charge in [-0.3, -0.25) is 4.79 Å². The largest absolute Gasteiger partial charge is 0.341 e. The highest BCUT2D eigenvalue weighted by atomic mass is 32.2. The van der Waals surface area contributed by atoms with E-state index in [1.54, 1.807) is 0 Å². The van der Waals surface area contributed by atoms with E-state index in [4.69, 9.17) is 0 Å². The normalized spacial score (nSPS) is 22.9. The summed E-state index contributed by atoms with van der Waals surface area (Å²) in [7, 11) is 0. The Morgan fingerprint density at radius 2 is 2.15 bits per heavy atom. The summed E-state index contributed by atoms with van der Waals surface area (Å²) in [5.74, 6) is 1.92. The summed E-state index contributed by atoms with van der Waals surface area (Å²) in [5, 5.41) is 3.44. The van der Waals surface area contributed by atoms with Gasteiger partial charge in [0, 0.05) is 36.2 Å². The van der Waals surface area contributed by atoms with Gasteiger partial charge in [0.15, 0.2) is 0 Å². The molecule has 1 aromatic rings. The summed E-state index contributed by atoms with van der Waals surface area (Å²) in [5.41, 5.74) is 1.44. The van der Waals surface area contributed by atoms with Gasteiger partial charge in [0.2, 0.25) is 5.91 Å². The number of carbonyl (C=O) groups is 1. The molecule has 2 atom stereocenters. The van der Waals surface area contributed by atoms with Gasteiger partial charge in [-0.25, -0.2) is 0 Å². The van der Waals surface area contributed by atoms with Crippen LogP contribution in [0.5, 0.6) is 0 Å². The number of carbonyl (C=O) groups excluding carboxylic acids is 1. The fraction of sp³-hybridized carbons (Fsp3) is 0.562. The topological polar surface area (TPSA) is 32.3 Å². The van der Waals surface area contributed by atoms with Crippen LogP contribution in [0.25, 0.3) is 0 Å². The molecule has 3 rings (SSSR count). The molecule has 1 amide bonds. The van der Waals surface area contributed by atoms with E-state index >= 15 is 0 Å². The maximum absolute atomic E-state index is 12.3. The molecule has 2 aliphatic rings. The minimum absolute atomic E-state index is 0.0640. The number of amides is 1. The lowest BCUT2D eigenvalue weighted by atomic mass is 10.0. The highest BCUT2D eigenvalue weighted by molar-refractivity contribution is 7.99. The van der Waals surface area contributed by atoms with Crippen molar-refractivity contribution in [3.05, 3.63) is 29.8 Å². The molecule has 2 unspecified atom stereocenters. The van der Waals surface area contributed by atoms with Gasteiger partial charge in [-0.15, -0.1) is 11.8 Å². The highest BCUT2D eigenvalue weighted by Gasteiger charge is 2.26. The Morgan fingerprint density at radius 1 is 1.40 bits per heavy atom. The Kier molecular flexibility index (Phi) is 4.32. The monoisotopic (exact) mass is 290 g/mol. The van der Waals surface area contributed by atoms with E-state index in [0.717, 1.165) is 38.2 Å². The zero-order valence-electron chi connectivity index (χ0n) is 12.0. The van der Waals surface area contributed by atoms with Gasteiger partial charge in [0.25, 0.3) is 0 Å². The van der Waals surface area contributed by atoms with Gasteiger partial charge in [-0.05, 0) is 31.4 Å². The standard InChI is InChI=1S/C16H22N2OS/c1-12(16(19)18-8-4-5-9-18)17-10-13-11-20-15-7-3-2-6-14(13)15/h2-3,6-7,12-13,17H,4-5,8-11H2,1H3. The van der Waals surface area contributed by atoms with Gasteiger partial charge in [0.05, 0.1) is 6.04 Å². The lowest BCUT2D eigenvalue weighted by molar-refractivity contribution is -0.131. The Morgan fingerprint density at radius 3 is 2.95 bits per heavy atom. The molecule has 1 fully saturated rings. The van der Waals surface area contributed by atoms with E-state index in [0.29, 0.717) is 5.92 Å². The fourth-order valence-corrected chi connectivity index (χ4v) is 4.27. The minimum Gasteiger partial charge on any atom is -0.341 e. The van der Waals surface area contributed by atoms with Crippen LogP contribution in [0.4, 0.5) is 0 Å². The molecule has 1 N–H and O–H groups in total. The fourth-order valence-electron chi connectivity index (χ4n) is 3.02. The van der Waals surface area contributed by atoms with Crippen LogP contribution in [-0.2, 0) is 4.79 Å². The summed E-state index contributed by atoms with van der Waals surface area (Å²) in [6.45, 7) is 4.76. The summed E-state index contributed by atoms with van der Waals surface area (Å²) < 4.78 is 0. The molecule has 0 aliphatic carbocycles. The zero-order valence-corrected chi connectivity index (χ0v) is 12.8. The molecule has 0 spiro atoms. The van der Waals surface area contributed by atoms with E-state index in [1.165, 1.54) is 10.5 Å². The maximum atomic E-state index is 12.3. The maximum Gasteiger partial charge on any atom is 0.239 e. The van der Waals surface area contributed by atoms with E-state index in [2.05, 4.69) is 29.6 Å². The molecule has 0 aromatic heterocycles. The van der Waals surface area contributed by atoms with Crippen LogP contribution >= 0.6 is 11.8 Å². The number of likely N-dealkylation sites (tertiary alicyclic amines) is 1. The predicted molar refractivity (Wildman–Crippen MR) is 83.2 cm³/mol. The van der Waals surface area contributed by atoms with E-state index in [9.17, 15) is 4.79 Å². The van der Waals surface area contributed by atoms with Crippen LogP contribution in [0, 0.1) is 0 Å². The van der Waals surface area contributed by atoms with Crippen molar-refractivity contribution >= 4 is 17.7 Å². The Hall–Kier alpha value is -1.00. The second kappa shape index (κ2) is 6.19. The molecule has 2 heterocycles. The van der Waals surface area contributed by atoms with Crippen LogP contribution in [0.1, 0.15) is 31.2 Å². The third kappa shape index (κ3) is 2.86. The third-order valence-corrected chi connectivity index (χ3v) is 5.51. The number of nitrogens with one attached hydrogen (secondary N) is 1. The predicted octanol–water partition coefficient (Wildman–Crippen LogP) is 2.48. The number of fused-ring (bicyclic) bond motifs is 1. The quantitative estimate of drug-likeness (QED) is 0.924. The number of benzene rings is 1. The lowest BCUT2D eigenvalue weighted by Crippen LogP contribution is -2.44. The minimum atomic E-state index is -0.0640. The smallest absolute Gasteiger partial charge is 0.239 e. The third-order valence-electron chi connectivity index (χ3n) is 4.26. The van der Waals surface area contributed by atoms with Gasteiger partial charge in [-0.2, -0.15) is 0 Å². The SMILES string of the molecule is CC(NCC1CSc2ccccc21)C(=O)N1CCCC1. The van der Waals surface area contributed by atoms with Crippen molar-refractivity contribution in [2.75, 3.05) is 25.4 Å². The Labute approximate surface area is 125 Å². The average molecular weight is 290 g/mol. The molecular formula is C16H22N2OS. The molecule has 108 valence electrons. The van der Waals surface area contributed by atoms with Crippen LogP contribution in [0.3, 0.4) is 0 Å². The first-order chi connectivity index (χ1) is 9.75. The molecular weight excluding hydrogens is 268 g/mol. The van der Waals surface area contributed by atoms with Crippen LogP contribution in [0.2, 0.25) is 0 Å². The first-order valence-electron chi connectivity index (χ1n) is 7.49. The molecule has 0 radical (unpaired) electrons. The second-order valence-corrected chi connectivity index (χ2v) is 6.77. The highest BCUT2D eigenvalue weighted by Crippen LogP contribution is 2.38. The van der Waals surface area contributed by atoms with Crippen molar-refractivity contribution in [3.63, 3.8) is 0 Å². The van der Waals surface area contributed by atoms with Crippen LogP contribution in [-0.4, -0.2) is 42.2 Å². The molecule has 4 heteroatoms. The first-order valence-corrected chi connectivity index (χ1v) is 8.48. The van der Waals surface area contributed by atoms with E-state index < -0.39 is 0 Å². The molecule has 0 bridgehead atoms. The number of thioether (sulfide) groups is 1. The van der Waals surface area contributed by atoms with Crippen molar-refractivity contribution in [1.29, 1.82) is 0 Å². The van der Waals surface area contributed by atoms with Crippen molar-refractivity contribution in [2.45, 2.75) is 36.6 Å². The molecule has 1 aromatic carbocycles. The molecule has 0 saturated carbocycles. The van der Waals surface area contributed by atoms with Crippen LogP contribution in [0.15, 0.2) is 29.2 Å². The van der Waals surface area contributed by atoms with Gasteiger partial charge >= 0.3 is 0 Å². The van der Waals surface area contributed by atoms with Crippen molar-refractivity contribution in [2.24, 2.45) is 0 Å². The molecule has 1 saturated heterocycles. The summed E-state index contributed by atoms with van der Waals surface area (Å²) in [6.07, 6.45) is 2.32. The lowest BCUT2D eigenvalue weighted by Gasteiger charge is -2.22. The van der Waals surface area contributed by atoms with Crippen LogP contribution < -0.4 is 5.32 Å². The summed E-state index contributed by atoms with van der Waals surface area (Å²) >= 11 is 1.93. The number of nitrogens with zero attached hydrogens (tertiary/aromatic N) is 1. The van der Waals surface area contributed by atoms with Gasteiger partial charge in [0.1, 0.15) is 0 Å². The summed E-state index contributed by atoms with van der Waals surface area (Å²) in [4.78, 5) is 15.6. The Balaban J connectivity index is 1.53. The molecule has 2 aliphatic heterocycles. The van der Waals surface area contributed by atoms with Gasteiger partial charge < -0.3 is 10.2 Å². The first kappa shape index (κ1) is 14.0. The van der Waals surface area contributed by atoms with E-state index in [1.807, 2.05) is 23.6 Å². The zero-order chi connectivity index (χ0) is 13.9. The van der Waals surface area contributed by atoms with E-state index in [-0.39, 0.29) is 11.9 Å². The second-order valence-electron chi connectivity index (χ2n) is 5.71. The summed E-state index contributed by atoms with van der Waals surface area (Å²) in [6, 6.07) is 8.55. The average Bonchev–Trinajstić information content (AvgIpc) is 3.13. The molecule has 3 nitrogen and oxygen atoms in total. The van der Waals surface area contributed by atoms with Crippen molar-refractivity contribution in [1.82, 2.24) is 10.2 Å². The number of hydrogen-bond donors (Lipinski definition) is 1. The van der Waals surface area contributed by atoms with Crippen molar-refractivity contribution in [3.8, 4) is 0 Å². The number of hydrogen-bond acceptors (Lipinski definition) is 3. The number of rotatable bonds is 4. The van der Waals surface area contributed by atoms with Crippen molar-refractivity contribution < 1.29 is 4.79 Å². The molecule has 20 heavy (non-hydrogen) atoms. The van der Waals surface area contributed by atoms with Gasteiger partial charge in [-0.1, -0.05) is 18.2 Å².